The third-order valence-corrected chi connectivity index (χ3v) is 15.9. The lowest BCUT2D eigenvalue weighted by atomic mass is 9.78. The number of carbonyl (C=O) groups is 2. The van der Waals surface area contributed by atoms with Gasteiger partial charge in [0.25, 0.3) is 0 Å². The Balaban J connectivity index is 1.58. The normalized spacial score (nSPS) is 40.1. The molecule has 4 fully saturated rings. The number of cyclic esters (lactones) is 1. The fraction of sp³-hybridized carbons (Fsp3) is 0.852. The van der Waals surface area contributed by atoms with Crippen LogP contribution in [0.4, 0.5) is 5.69 Å². The molecule has 408 valence electrons. The Hall–Kier alpha value is -2.68. The number of aliphatic hydroxyl groups is 4. The highest BCUT2D eigenvalue weighted by Crippen LogP contribution is 2.41. The first kappa shape index (κ1) is 59.2. The van der Waals surface area contributed by atoms with Crippen molar-refractivity contribution < 1.29 is 63.2 Å². The van der Waals surface area contributed by atoms with E-state index in [2.05, 4.69) is 28.1 Å². The van der Waals surface area contributed by atoms with Crippen LogP contribution in [-0.4, -0.2) is 187 Å². The second-order valence-electron chi connectivity index (χ2n) is 22.2. The molecule has 4 aliphatic rings. The number of rotatable bonds is 16. The van der Waals surface area contributed by atoms with Gasteiger partial charge < -0.3 is 68.7 Å². The average Bonchev–Trinajstić information content (AvgIpc) is 3.32. The van der Waals surface area contributed by atoms with Crippen molar-refractivity contribution in [3.05, 3.63) is 24.3 Å². The summed E-state index contributed by atoms with van der Waals surface area (Å²) in [6, 6.07) is 7.32. The number of aliphatic hydroxyl groups excluding tert-OH is 3. The molecule has 19 unspecified atom stereocenters. The second-order valence-corrected chi connectivity index (χ2v) is 22.2. The number of anilines is 1. The number of likely N-dealkylation sites (N-methyl/N-ethyl adjacent to an activating group) is 1. The molecule has 0 aromatic heterocycles. The SMILES string of the molecule is CCCC(COC1(C)CC(C)NC(=O)C(C)C(O)C(C)(O)C(CC)OC(=O)C(C)C(OC2CC(C)C(O)C(C)O2)C(C)C1OC1OC(C)CC(N(C)C)C1O)CN1CCN(c2ccccc2OCC)CC1. The predicted molar refractivity (Wildman–Crippen MR) is 272 cm³/mol. The van der Waals surface area contributed by atoms with Gasteiger partial charge in [-0.1, -0.05) is 53.2 Å². The molecule has 1 amide bonds. The zero-order valence-corrected chi connectivity index (χ0v) is 45.6. The van der Waals surface area contributed by atoms with Crippen molar-refractivity contribution in [3.63, 3.8) is 0 Å². The third kappa shape index (κ3) is 14.8. The quantitative estimate of drug-likeness (QED) is 0.139. The first-order valence-electron chi connectivity index (χ1n) is 26.8. The van der Waals surface area contributed by atoms with Gasteiger partial charge >= 0.3 is 5.97 Å². The van der Waals surface area contributed by atoms with E-state index < -0.39 is 102 Å². The van der Waals surface area contributed by atoms with Gasteiger partial charge in [0, 0.05) is 57.1 Å². The number of benzene rings is 1. The Bertz CT molecular complexity index is 1790. The lowest BCUT2D eigenvalue weighted by Crippen LogP contribution is -2.61. The number of nitrogens with one attached hydrogen (secondary N) is 1. The maximum absolute atomic E-state index is 14.7. The highest BCUT2D eigenvalue weighted by atomic mass is 16.7. The van der Waals surface area contributed by atoms with E-state index in [1.54, 1.807) is 27.7 Å². The summed E-state index contributed by atoms with van der Waals surface area (Å²) in [6.07, 6.45) is -6.28. The molecule has 1 aromatic rings. The van der Waals surface area contributed by atoms with Crippen molar-refractivity contribution in [2.75, 3.05) is 64.9 Å². The zero-order chi connectivity index (χ0) is 52.5. The monoisotopic (exact) mass is 1010 g/mol. The van der Waals surface area contributed by atoms with Crippen LogP contribution < -0.4 is 15.0 Å². The molecule has 17 nitrogen and oxygen atoms in total. The van der Waals surface area contributed by atoms with Gasteiger partial charge in [-0.25, -0.2) is 0 Å². The Morgan fingerprint density at radius 2 is 1.56 bits per heavy atom. The smallest absolute Gasteiger partial charge is 0.311 e. The minimum absolute atomic E-state index is 0.0978. The summed E-state index contributed by atoms with van der Waals surface area (Å²) in [5.74, 6) is -3.22. The summed E-state index contributed by atoms with van der Waals surface area (Å²) < 4.78 is 46.5. The Morgan fingerprint density at radius 1 is 0.887 bits per heavy atom. The number of hydrogen-bond acceptors (Lipinski definition) is 16. The van der Waals surface area contributed by atoms with E-state index in [4.69, 9.17) is 33.2 Å². The van der Waals surface area contributed by atoms with Gasteiger partial charge in [0.05, 0.1) is 73.0 Å². The summed E-state index contributed by atoms with van der Waals surface area (Å²) >= 11 is 0. The molecule has 19 atom stereocenters. The molecule has 4 heterocycles. The van der Waals surface area contributed by atoms with Crippen LogP contribution in [0.5, 0.6) is 5.75 Å². The molecule has 4 saturated heterocycles. The van der Waals surface area contributed by atoms with Gasteiger partial charge in [-0.3, -0.25) is 14.5 Å². The van der Waals surface area contributed by atoms with E-state index in [0.717, 1.165) is 57.0 Å². The molecule has 5 rings (SSSR count). The number of amides is 1. The standard InChI is InChI=1S/C54H94N4O13/c1-15-20-39(30-57-23-25-58(26-24-57)40-21-18-19-22-42(40)65-17-3)31-66-53(11)29-33(5)55-50(62)37(9)48(61)54(12,64)43(16-2)69-51(63)36(8)47(70-44-27-32(4)45(59)38(10)68-44)35(7)49(53)71-52-46(60)41(56(13)14)28-34(6)67-52/h18-19,21-22,32-39,41,43-49,52,59-61,64H,15-17,20,23-31H2,1-14H3,(H,55,62). The van der Waals surface area contributed by atoms with Crippen molar-refractivity contribution in [1.82, 2.24) is 15.1 Å². The molecular formula is C54H94N4O13. The maximum atomic E-state index is 14.7. The minimum Gasteiger partial charge on any atom is -0.492 e. The number of para-hydroxylation sites is 2. The van der Waals surface area contributed by atoms with Crippen LogP contribution in [0, 0.1) is 29.6 Å². The molecular weight excluding hydrogens is 913 g/mol. The van der Waals surface area contributed by atoms with Gasteiger partial charge in [0.15, 0.2) is 12.6 Å². The molecule has 17 heteroatoms. The van der Waals surface area contributed by atoms with Crippen molar-refractivity contribution in [3.8, 4) is 5.75 Å². The first-order chi connectivity index (χ1) is 33.4. The molecule has 0 saturated carbocycles. The number of esters is 1. The molecule has 0 aliphatic carbocycles. The first-order valence-corrected chi connectivity index (χ1v) is 26.8. The molecule has 4 aliphatic heterocycles. The van der Waals surface area contributed by atoms with E-state index in [-0.39, 0.29) is 36.8 Å². The predicted octanol–water partition coefficient (Wildman–Crippen LogP) is 4.98. The highest BCUT2D eigenvalue weighted by Gasteiger charge is 2.53. The Kier molecular flexibility index (Phi) is 21.8. The molecule has 0 spiro atoms. The van der Waals surface area contributed by atoms with Crippen molar-refractivity contribution in [2.45, 2.75) is 206 Å². The summed E-state index contributed by atoms with van der Waals surface area (Å²) in [4.78, 5) is 35.6. The van der Waals surface area contributed by atoms with Crippen molar-refractivity contribution in [1.29, 1.82) is 0 Å². The van der Waals surface area contributed by atoms with E-state index >= 15 is 0 Å². The average molecular weight is 1010 g/mol. The summed E-state index contributed by atoms with van der Waals surface area (Å²) in [6.45, 7) is 27.1. The summed E-state index contributed by atoms with van der Waals surface area (Å²) in [5, 5.41) is 49.7. The lowest BCUT2D eigenvalue weighted by molar-refractivity contribution is -0.313. The van der Waals surface area contributed by atoms with E-state index in [9.17, 15) is 30.0 Å². The van der Waals surface area contributed by atoms with Crippen LogP contribution in [0.1, 0.15) is 122 Å². The Morgan fingerprint density at radius 3 is 2.18 bits per heavy atom. The largest absolute Gasteiger partial charge is 0.492 e. The lowest BCUT2D eigenvalue weighted by Gasteiger charge is -2.49. The second kappa shape index (κ2) is 26.2. The van der Waals surface area contributed by atoms with Gasteiger partial charge in [-0.05, 0) is 112 Å². The van der Waals surface area contributed by atoms with Crippen LogP contribution in [0.3, 0.4) is 0 Å². The highest BCUT2D eigenvalue weighted by molar-refractivity contribution is 5.79. The summed E-state index contributed by atoms with van der Waals surface area (Å²) in [7, 11) is 3.83. The molecule has 5 N–H and O–H groups in total. The van der Waals surface area contributed by atoms with E-state index in [1.807, 2.05) is 78.7 Å². The fourth-order valence-corrected chi connectivity index (χ4v) is 11.6. The van der Waals surface area contributed by atoms with Crippen LogP contribution in [0.15, 0.2) is 24.3 Å². The van der Waals surface area contributed by atoms with Crippen LogP contribution >= 0.6 is 0 Å². The number of carbonyl (C=O) groups excluding carboxylic acids is 2. The Labute approximate surface area is 425 Å². The van der Waals surface area contributed by atoms with Gasteiger partial charge in [-0.15, -0.1) is 0 Å². The zero-order valence-electron chi connectivity index (χ0n) is 45.6. The number of nitrogens with zero attached hydrogens (tertiary/aromatic N) is 3. The van der Waals surface area contributed by atoms with Crippen LogP contribution in [0.25, 0.3) is 0 Å². The number of ether oxygens (including phenoxy) is 7. The van der Waals surface area contributed by atoms with E-state index in [0.29, 0.717) is 26.1 Å². The van der Waals surface area contributed by atoms with Crippen molar-refractivity contribution >= 4 is 17.6 Å². The summed E-state index contributed by atoms with van der Waals surface area (Å²) in [5.41, 5.74) is -2.17. The van der Waals surface area contributed by atoms with Gasteiger partial charge in [-0.2, -0.15) is 0 Å². The minimum atomic E-state index is -2.01. The van der Waals surface area contributed by atoms with Crippen LogP contribution in [0.2, 0.25) is 0 Å². The van der Waals surface area contributed by atoms with Gasteiger partial charge in [0.1, 0.15) is 23.6 Å². The van der Waals surface area contributed by atoms with Crippen molar-refractivity contribution in [2.24, 2.45) is 29.6 Å². The van der Waals surface area contributed by atoms with Crippen LogP contribution in [-0.2, 0) is 38.0 Å². The third-order valence-electron chi connectivity index (χ3n) is 15.9. The molecule has 0 bridgehead atoms. The number of piperazine rings is 1. The van der Waals surface area contributed by atoms with Gasteiger partial charge in [0.2, 0.25) is 5.91 Å². The number of hydrogen-bond donors (Lipinski definition) is 5. The maximum Gasteiger partial charge on any atom is 0.311 e. The molecule has 0 radical (unpaired) electrons. The van der Waals surface area contributed by atoms with E-state index in [1.165, 1.54) is 6.92 Å². The fourth-order valence-electron chi connectivity index (χ4n) is 11.6. The topological polar surface area (TPSA) is 201 Å². The molecule has 71 heavy (non-hydrogen) atoms. The molecule has 1 aromatic carbocycles.